The van der Waals surface area contributed by atoms with Crippen molar-refractivity contribution in [1.29, 1.82) is 0 Å². The molecule has 0 unspecified atom stereocenters. The van der Waals surface area contributed by atoms with E-state index >= 15 is 0 Å². The molecule has 35 heavy (non-hydrogen) atoms. The molecular weight excluding hydrogens is 462 g/mol. The Labute approximate surface area is 206 Å². The molecule has 3 N–H and O–H groups in total. The van der Waals surface area contributed by atoms with Crippen LogP contribution in [0.25, 0.3) is 11.3 Å². The summed E-state index contributed by atoms with van der Waals surface area (Å²) in [6.07, 6.45) is 2.31. The lowest BCUT2D eigenvalue weighted by Crippen LogP contribution is -2.41. The number of amides is 1. The highest BCUT2D eigenvalue weighted by Gasteiger charge is 2.39. The van der Waals surface area contributed by atoms with Crippen molar-refractivity contribution in [3.63, 3.8) is 0 Å². The fourth-order valence-electron chi connectivity index (χ4n) is 4.90. The summed E-state index contributed by atoms with van der Waals surface area (Å²) in [6, 6.07) is 12.3. The minimum Gasteiger partial charge on any atom is -0.383 e. The van der Waals surface area contributed by atoms with Crippen LogP contribution in [0.15, 0.2) is 53.6 Å². The fraction of sp³-hybridized carbons (Fsp3) is 0.346. The van der Waals surface area contributed by atoms with E-state index in [0.717, 1.165) is 28.8 Å². The van der Waals surface area contributed by atoms with Crippen LogP contribution in [0, 0.1) is 19.8 Å². The number of carbonyl (C=O) groups excluding carboxylic acids is 1. The minimum atomic E-state index is -4.23. The number of aromatic nitrogens is 2. The molecule has 1 amide bonds. The van der Waals surface area contributed by atoms with Crippen LogP contribution in [0.3, 0.4) is 0 Å². The van der Waals surface area contributed by atoms with E-state index in [4.69, 9.17) is 10.7 Å². The first-order valence-electron chi connectivity index (χ1n) is 11.5. The maximum Gasteiger partial charge on any atom is 0.268 e. The maximum absolute atomic E-state index is 13.4. The zero-order valence-electron chi connectivity index (χ0n) is 20.7. The molecule has 0 radical (unpaired) electrons. The Balaban J connectivity index is 1.80. The molecule has 3 aromatic rings. The standard InChI is InChI=1S/C26H31N5O3S/c1-16-8-9-19(18(3)13-16)21-11-10-20(24(29-21)31-15-17(2)14-26(31,4)5)25(32)30-35(33,34)22-7-6-12-28-23(22)27/h6-13,17H,14-15H2,1-5H3,(H2,27,28)(H,30,32)/t17-/m0/s1. The molecule has 4 rings (SSSR count). The molecule has 0 aliphatic carbocycles. The van der Waals surface area contributed by atoms with Crippen molar-refractivity contribution < 1.29 is 13.2 Å². The Morgan fingerprint density at radius 2 is 1.91 bits per heavy atom. The number of nitrogen functional groups attached to an aromatic ring is 1. The predicted octanol–water partition coefficient (Wildman–Crippen LogP) is 4.09. The van der Waals surface area contributed by atoms with Gasteiger partial charge in [0, 0.05) is 23.8 Å². The Bertz CT molecular complexity index is 1400. The van der Waals surface area contributed by atoms with Crippen molar-refractivity contribution >= 4 is 27.6 Å². The van der Waals surface area contributed by atoms with E-state index in [2.05, 4.69) is 41.4 Å². The summed E-state index contributed by atoms with van der Waals surface area (Å²) in [5.74, 6) is -0.0841. The van der Waals surface area contributed by atoms with Crippen molar-refractivity contribution in [1.82, 2.24) is 14.7 Å². The van der Waals surface area contributed by atoms with Gasteiger partial charge in [0.2, 0.25) is 0 Å². The molecule has 1 saturated heterocycles. The van der Waals surface area contributed by atoms with Gasteiger partial charge in [0.15, 0.2) is 0 Å². The molecule has 0 bridgehead atoms. The second kappa shape index (κ2) is 8.96. The van der Waals surface area contributed by atoms with E-state index in [-0.39, 0.29) is 21.8 Å². The van der Waals surface area contributed by atoms with Crippen molar-refractivity contribution in [2.45, 2.75) is 51.5 Å². The van der Waals surface area contributed by atoms with Gasteiger partial charge in [-0.05, 0) is 69.9 Å². The summed E-state index contributed by atoms with van der Waals surface area (Å²) < 4.78 is 28.0. The van der Waals surface area contributed by atoms with Crippen molar-refractivity contribution in [3.05, 3.63) is 65.4 Å². The maximum atomic E-state index is 13.4. The molecule has 1 fully saturated rings. The summed E-state index contributed by atoms with van der Waals surface area (Å²) in [5.41, 5.74) is 9.59. The number of rotatable bonds is 5. The van der Waals surface area contributed by atoms with Gasteiger partial charge in [0.1, 0.15) is 16.5 Å². The fourth-order valence-corrected chi connectivity index (χ4v) is 5.95. The smallest absolute Gasteiger partial charge is 0.268 e. The van der Waals surface area contributed by atoms with Crippen molar-refractivity contribution in [3.8, 4) is 11.3 Å². The average molecular weight is 494 g/mol. The zero-order valence-corrected chi connectivity index (χ0v) is 21.5. The van der Waals surface area contributed by atoms with E-state index in [0.29, 0.717) is 18.3 Å². The number of nitrogens with zero attached hydrogens (tertiary/aromatic N) is 3. The van der Waals surface area contributed by atoms with Crippen LogP contribution in [-0.4, -0.2) is 36.4 Å². The molecule has 1 atom stereocenters. The topological polar surface area (TPSA) is 118 Å². The molecule has 1 aliphatic rings. The van der Waals surface area contributed by atoms with Crippen molar-refractivity contribution in [2.24, 2.45) is 5.92 Å². The second-order valence-electron chi connectivity index (χ2n) is 9.94. The average Bonchev–Trinajstić information content (AvgIpc) is 3.05. The number of hydrogen-bond acceptors (Lipinski definition) is 7. The Hall–Kier alpha value is -3.46. The molecule has 0 saturated carbocycles. The highest BCUT2D eigenvalue weighted by molar-refractivity contribution is 7.90. The van der Waals surface area contributed by atoms with Gasteiger partial charge in [-0.2, -0.15) is 0 Å². The van der Waals surface area contributed by atoms with E-state index in [1.54, 1.807) is 12.1 Å². The van der Waals surface area contributed by atoms with E-state index in [1.807, 2.05) is 26.0 Å². The van der Waals surface area contributed by atoms with Gasteiger partial charge in [-0.25, -0.2) is 23.1 Å². The molecule has 2 aromatic heterocycles. The molecular formula is C26H31N5O3S. The molecule has 184 valence electrons. The molecule has 1 aromatic carbocycles. The Morgan fingerprint density at radius 3 is 2.54 bits per heavy atom. The van der Waals surface area contributed by atoms with E-state index < -0.39 is 15.9 Å². The van der Waals surface area contributed by atoms with E-state index in [1.165, 1.54) is 18.3 Å². The predicted molar refractivity (Wildman–Crippen MR) is 138 cm³/mol. The summed E-state index contributed by atoms with van der Waals surface area (Å²) in [7, 11) is -4.23. The Kier molecular flexibility index (Phi) is 6.31. The minimum absolute atomic E-state index is 0.175. The number of hydrogen-bond donors (Lipinski definition) is 2. The first-order chi connectivity index (χ1) is 16.4. The van der Waals surface area contributed by atoms with Gasteiger partial charge in [0.05, 0.1) is 11.3 Å². The second-order valence-corrected chi connectivity index (χ2v) is 11.6. The number of sulfonamides is 1. The number of nitrogens with one attached hydrogen (secondary N) is 1. The summed E-state index contributed by atoms with van der Waals surface area (Å²) in [5, 5.41) is 0. The summed E-state index contributed by atoms with van der Waals surface area (Å²) in [4.78, 5) is 24.0. The van der Waals surface area contributed by atoms with Gasteiger partial charge in [0.25, 0.3) is 15.9 Å². The van der Waals surface area contributed by atoms with Gasteiger partial charge in [-0.3, -0.25) is 4.79 Å². The normalized spacial score (nSPS) is 17.4. The number of aryl methyl sites for hydroxylation is 2. The number of benzene rings is 1. The zero-order chi connectivity index (χ0) is 25.5. The lowest BCUT2D eigenvalue weighted by Gasteiger charge is -2.34. The van der Waals surface area contributed by atoms with Crippen molar-refractivity contribution in [2.75, 3.05) is 17.2 Å². The highest BCUT2D eigenvalue weighted by Crippen LogP contribution is 2.38. The molecule has 8 nitrogen and oxygen atoms in total. The van der Waals surface area contributed by atoms with Gasteiger partial charge < -0.3 is 10.6 Å². The third-order valence-electron chi connectivity index (χ3n) is 6.42. The van der Waals surface area contributed by atoms with Crippen LogP contribution >= 0.6 is 0 Å². The summed E-state index contributed by atoms with van der Waals surface area (Å²) in [6.45, 7) is 11.1. The van der Waals surface area contributed by atoms with Crippen LogP contribution in [-0.2, 0) is 10.0 Å². The first-order valence-corrected chi connectivity index (χ1v) is 13.0. The first kappa shape index (κ1) is 24.7. The van der Waals surface area contributed by atoms with Crippen LogP contribution in [0.2, 0.25) is 0 Å². The van der Waals surface area contributed by atoms with Gasteiger partial charge >= 0.3 is 0 Å². The van der Waals surface area contributed by atoms with Gasteiger partial charge in [-0.15, -0.1) is 0 Å². The lowest BCUT2D eigenvalue weighted by molar-refractivity contribution is 0.0981. The molecule has 3 heterocycles. The summed E-state index contributed by atoms with van der Waals surface area (Å²) >= 11 is 0. The van der Waals surface area contributed by atoms with Gasteiger partial charge in [-0.1, -0.05) is 30.7 Å². The van der Waals surface area contributed by atoms with Crippen LogP contribution in [0.1, 0.15) is 48.7 Å². The largest absolute Gasteiger partial charge is 0.383 e. The third-order valence-corrected chi connectivity index (χ3v) is 7.80. The lowest BCUT2D eigenvalue weighted by atomic mass is 9.97. The monoisotopic (exact) mass is 493 g/mol. The number of nitrogens with two attached hydrogens (primary N) is 1. The quantitative estimate of drug-likeness (QED) is 0.550. The van der Waals surface area contributed by atoms with E-state index in [9.17, 15) is 13.2 Å². The molecule has 0 spiro atoms. The number of carbonyl (C=O) groups is 1. The van der Waals surface area contributed by atoms with Crippen LogP contribution < -0.4 is 15.4 Å². The Morgan fingerprint density at radius 1 is 1.17 bits per heavy atom. The number of anilines is 2. The SMILES string of the molecule is Cc1ccc(-c2ccc(C(=O)NS(=O)(=O)c3cccnc3N)c(N3C[C@@H](C)CC3(C)C)n2)c(C)c1. The number of pyridine rings is 2. The van der Waals surface area contributed by atoms with Crippen LogP contribution in [0.5, 0.6) is 0 Å². The molecule has 9 heteroatoms. The third kappa shape index (κ3) is 4.86. The highest BCUT2D eigenvalue weighted by atomic mass is 32.2. The molecule has 1 aliphatic heterocycles. The van der Waals surface area contributed by atoms with Crippen LogP contribution in [0.4, 0.5) is 11.6 Å².